The molecule has 0 saturated heterocycles. The Bertz CT molecular complexity index is 1640. The molecule has 0 aromatic heterocycles. The number of imide groups is 2. The third-order valence-corrected chi connectivity index (χ3v) is 7.54. The Labute approximate surface area is 231 Å². The number of aryl methyl sites for hydroxylation is 1. The van der Waals surface area contributed by atoms with Crippen LogP contribution in [-0.4, -0.2) is 72.9 Å². The van der Waals surface area contributed by atoms with Crippen molar-refractivity contribution in [2.24, 2.45) is 0 Å². The van der Waals surface area contributed by atoms with Crippen LogP contribution in [0.4, 0.5) is 0 Å². The Morgan fingerprint density at radius 2 is 1.02 bits per heavy atom. The largest absolute Gasteiger partial charge is 0.380 e. The van der Waals surface area contributed by atoms with Crippen molar-refractivity contribution in [1.29, 1.82) is 0 Å². The van der Waals surface area contributed by atoms with Gasteiger partial charge in [-0.1, -0.05) is 48.5 Å². The van der Waals surface area contributed by atoms with Crippen molar-refractivity contribution in [3.8, 4) is 0 Å². The monoisotopic (exact) mass is 536 g/mol. The van der Waals surface area contributed by atoms with Crippen LogP contribution in [0.5, 0.6) is 0 Å². The molecule has 0 N–H and O–H groups in total. The minimum Gasteiger partial charge on any atom is -0.380 e. The van der Waals surface area contributed by atoms with Gasteiger partial charge in [0.05, 0.1) is 31.9 Å². The van der Waals surface area contributed by atoms with E-state index in [0.29, 0.717) is 47.3 Å². The second-order valence-corrected chi connectivity index (χ2v) is 9.97. The lowest BCUT2D eigenvalue weighted by Gasteiger charge is -2.28. The fourth-order valence-electron chi connectivity index (χ4n) is 5.58. The fraction of sp³-hybridized carbons (Fsp3) is 0.250. The molecule has 2 aliphatic heterocycles. The van der Waals surface area contributed by atoms with Gasteiger partial charge in [0.1, 0.15) is 0 Å². The lowest BCUT2D eigenvalue weighted by Crippen LogP contribution is -2.42. The van der Waals surface area contributed by atoms with E-state index in [-0.39, 0.29) is 49.9 Å². The molecule has 6 rings (SSSR count). The molecule has 0 spiro atoms. The molecular weight excluding hydrogens is 508 g/mol. The molecule has 0 aliphatic carbocycles. The predicted molar refractivity (Wildman–Crippen MR) is 150 cm³/mol. The van der Waals surface area contributed by atoms with Crippen molar-refractivity contribution in [2.45, 2.75) is 13.3 Å². The van der Waals surface area contributed by atoms with E-state index < -0.39 is 0 Å². The van der Waals surface area contributed by atoms with Crippen LogP contribution in [0.2, 0.25) is 0 Å². The Morgan fingerprint density at radius 3 is 1.57 bits per heavy atom. The molecule has 0 radical (unpaired) electrons. The van der Waals surface area contributed by atoms with Gasteiger partial charge in [-0.05, 0) is 47.9 Å². The first-order chi connectivity index (χ1) is 19.5. The summed E-state index contributed by atoms with van der Waals surface area (Å²) in [6.07, 6.45) is 0.590. The lowest BCUT2D eigenvalue weighted by atomic mass is 9.91. The number of carbonyl (C=O) groups is 4. The highest BCUT2D eigenvalue weighted by molar-refractivity contribution is 6.26. The number of benzene rings is 4. The molecule has 4 aromatic rings. The zero-order chi connectivity index (χ0) is 27.8. The number of ether oxygens (including phenoxy) is 2. The van der Waals surface area contributed by atoms with E-state index >= 15 is 0 Å². The van der Waals surface area contributed by atoms with Crippen LogP contribution in [-0.2, 0) is 9.47 Å². The highest BCUT2D eigenvalue weighted by Gasteiger charge is 2.34. The van der Waals surface area contributed by atoms with Crippen LogP contribution in [0.3, 0.4) is 0 Å². The van der Waals surface area contributed by atoms with Gasteiger partial charge in [-0.3, -0.25) is 29.0 Å². The summed E-state index contributed by atoms with van der Waals surface area (Å²) in [5, 5.41) is 3.19. The van der Waals surface area contributed by atoms with Crippen molar-refractivity contribution in [3.63, 3.8) is 0 Å². The number of rotatable bonds is 10. The molecule has 2 aliphatic rings. The average Bonchev–Trinajstić information content (AvgIpc) is 2.97. The molecule has 8 heteroatoms. The van der Waals surface area contributed by atoms with E-state index in [1.807, 2.05) is 55.5 Å². The van der Waals surface area contributed by atoms with Crippen LogP contribution >= 0.6 is 0 Å². The molecule has 0 bridgehead atoms. The van der Waals surface area contributed by atoms with E-state index in [2.05, 4.69) is 0 Å². The maximum atomic E-state index is 13.1. The fourth-order valence-corrected chi connectivity index (χ4v) is 5.58. The van der Waals surface area contributed by atoms with Crippen LogP contribution in [0, 0.1) is 6.92 Å². The molecule has 0 unspecified atom stereocenters. The van der Waals surface area contributed by atoms with Gasteiger partial charge in [0, 0.05) is 40.7 Å². The molecule has 0 fully saturated rings. The van der Waals surface area contributed by atoms with Gasteiger partial charge in [0.25, 0.3) is 23.6 Å². The number of amides is 4. The molecule has 4 aromatic carbocycles. The minimum absolute atomic E-state index is 0.163. The van der Waals surface area contributed by atoms with E-state index in [4.69, 9.17) is 9.47 Å². The first-order valence-electron chi connectivity index (χ1n) is 13.4. The molecule has 0 saturated carbocycles. The maximum Gasteiger partial charge on any atom is 0.261 e. The second kappa shape index (κ2) is 10.6. The zero-order valence-corrected chi connectivity index (χ0v) is 22.1. The van der Waals surface area contributed by atoms with Crippen LogP contribution < -0.4 is 0 Å². The third kappa shape index (κ3) is 4.35. The zero-order valence-electron chi connectivity index (χ0n) is 22.1. The average molecular weight is 537 g/mol. The van der Waals surface area contributed by atoms with Gasteiger partial charge in [-0.2, -0.15) is 0 Å². The van der Waals surface area contributed by atoms with Gasteiger partial charge in [-0.25, -0.2) is 0 Å². The summed E-state index contributed by atoms with van der Waals surface area (Å²) in [7, 11) is 0. The maximum absolute atomic E-state index is 13.1. The van der Waals surface area contributed by atoms with E-state index in [9.17, 15) is 19.2 Å². The van der Waals surface area contributed by atoms with Crippen molar-refractivity contribution in [3.05, 3.63) is 94.5 Å². The molecule has 4 amide bonds. The summed E-state index contributed by atoms with van der Waals surface area (Å²) >= 11 is 0. The summed E-state index contributed by atoms with van der Waals surface area (Å²) in [6, 6.07) is 20.3. The topological polar surface area (TPSA) is 93.2 Å². The standard InChI is InChI=1S/C32H28N2O6/c1-20-12-13-22-8-4-11-25-28(22)26(20)32(38)34(31(25)37)15-19-40-17-5-16-39-18-14-33-29(35)23-9-2-6-21-7-3-10-24(27(21)23)30(33)36/h2-4,6-13H,5,14-19H2,1H3. The third-order valence-electron chi connectivity index (χ3n) is 7.54. The van der Waals surface area contributed by atoms with Crippen molar-refractivity contribution in [2.75, 3.05) is 39.5 Å². The molecular formula is C32H28N2O6. The van der Waals surface area contributed by atoms with Crippen LogP contribution in [0.25, 0.3) is 21.5 Å². The Kier molecular flexibility index (Phi) is 6.88. The highest BCUT2D eigenvalue weighted by atomic mass is 16.5. The molecule has 0 atom stereocenters. The number of hydrogen-bond donors (Lipinski definition) is 0. The quantitative estimate of drug-likeness (QED) is 0.217. The van der Waals surface area contributed by atoms with Crippen LogP contribution in [0.1, 0.15) is 53.4 Å². The minimum atomic E-state index is -0.308. The van der Waals surface area contributed by atoms with Crippen molar-refractivity contribution >= 4 is 45.2 Å². The first kappa shape index (κ1) is 25.9. The van der Waals surface area contributed by atoms with Gasteiger partial charge in [-0.15, -0.1) is 0 Å². The SMILES string of the molecule is Cc1ccc2cccc3c2c1C(=O)N(CCOCCCOCCN1C(=O)c2cccc4cccc(c24)C1=O)C3=O. The van der Waals surface area contributed by atoms with E-state index in [0.717, 1.165) is 21.7 Å². The number of carbonyl (C=O) groups excluding carboxylic acids is 4. The van der Waals surface area contributed by atoms with E-state index in [1.54, 1.807) is 18.2 Å². The highest BCUT2D eigenvalue weighted by Crippen LogP contribution is 2.32. The van der Waals surface area contributed by atoms with Crippen molar-refractivity contribution < 1.29 is 28.7 Å². The Hall–Kier alpha value is -4.40. The van der Waals surface area contributed by atoms with Gasteiger partial charge < -0.3 is 9.47 Å². The van der Waals surface area contributed by atoms with Gasteiger partial charge >= 0.3 is 0 Å². The summed E-state index contributed by atoms with van der Waals surface area (Å²) in [5.74, 6) is -1.21. The summed E-state index contributed by atoms with van der Waals surface area (Å²) < 4.78 is 11.3. The first-order valence-corrected chi connectivity index (χ1v) is 13.4. The summed E-state index contributed by atoms with van der Waals surface area (Å²) in [6.45, 7) is 3.42. The van der Waals surface area contributed by atoms with E-state index in [1.165, 1.54) is 9.80 Å². The smallest absolute Gasteiger partial charge is 0.261 e. The summed E-state index contributed by atoms with van der Waals surface area (Å²) in [4.78, 5) is 54.6. The van der Waals surface area contributed by atoms with Gasteiger partial charge in [0.15, 0.2) is 0 Å². The van der Waals surface area contributed by atoms with Crippen molar-refractivity contribution in [1.82, 2.24) is 9.80 Å². The molecule has 202 valence electrons. The normalized spacial score (nSPS) is 14.6. The van der Waals surface area contributed by atoms with Gasteiger partial charge in [0.2, 0.25) is 0 Å². The predicted octanol–water partition coefficient (Wildman–Crippen LogP) is 4.62. The number of hydrogen-bond acceptors (Lipinski definition) is 6. The number of nitrogens with zero attached hydrogens (tertiary/aromatic N) is 2. The van der Waals surface area contributed by atoms with Crippen LogP contribution in [0.15, 0.2) is 66.7 Å². The molecule has 8 nitrogen and oxygen atoms in total. The Morgan fingerprint density at radius 1 is 0.550 bits per heavy atom. The second-order valence-electron chi connectivity index (χ2n) is 9.97. The molecule has 40 heavy (non-hydrogen) atoms. The lowest BCUT2D eigenvalue weighted by molar-refractivity contribution is 0.0437. The molecule has 2 heterocycles. The summed E-state index contributed by atoms with van der Waals surface area (Å²) in [5.41, 5.74) is 3.01. The Balaban J connectivity index is 0.948.